The van der Waals surface area contributed by atoms with Gasteiger partial charge < -0.3 is 15.8 Å². The molecule has 21 heavy (non-hydrogen) atoms. The second-order valence-electron chi connectivity index (χ2n) is 4.53. The van der Waals surface area contributed by atoms with Gasteiger partial charge in [0, 0.05) is 22.3 Å². The Balaban J connectivity index is 2.33. The average Bonchev–Trinajstić information content (AvgIpc) is 2.41. The summed E-state index contributed by atoms with van der Waals surface area (Å²) in [6.07, 6.45) is 0. The molecular formula is C15H14ClFN2O2. The molecule has 0 radical (unpaired) electrons. The van der Waals surface area contributed by atoms with Gasteiger partial charge in [-0.3, -0.25) is 4.79 Å². The number of nitrogen functional groups attached to an aromatic ring is 1. The fourth-order valence-corrected chi connectivity index (χ4v) is 2.02. The van der Waals surface area contributed by atoms with Crippen LogP contribution in [0, 0.1) is 12.7 Å². The van der Waals surface area contributed by atoms with Gasteiger partial charge in [-0.25, -0.2) is 4.39 Å². The molecule has 0 aromatic heterocycles. The third-order valence-electron chi connectivity index (χ3n) is 2.91. The number of carbonyl (C=O) groups excluding carboxylic acids is 1. The molecule has 0 spiro atoms. The van der Waals surface area contributed by atoms with E-state index in [2.05, 4.69) is 5.32 Å². The number of amides is 1. The molecule has 2 aromatic rings. The van der Waals surface area contributed by atoms with Crippen LogP contribution in [0.3, 0.4) is 0 Å². The molecule has 110 valence electrons. The summed E-state index contributed by atoms with van der Waals surface area (Å²) in [5, 5.41) is 3.18. The minimum absolute atomic E-state index is 0.127. The van der Waals surface area contributed by atoms with Crippen molar-refractivity contribution in [1.29, 1.82) is 0 Å². The quantitative estimate of drug-likeness (QED) is 0.851. The maximum Gasteiger partial charge on any atom is 0.255 e. The van der Waals surface area contributed by atoms with E-state index in [1.54, 1.807) is 19.1 Å². The molecule has 2 aromatic carbocycles. The smallest absolute Gasteiger partial charge is 0.255 e. The van der Waals surface area contributed by atoms with Crippen molar-refractivity contribution in [3.8, 4) is 5.75 Å². The van der Waals surface area contributed by atoms with E-state index in [0.29, 0.717) is 16.5 Å². The molecule has 0 atom stereocenters. The lowest BCUT2D eigenvalue weighted by Crippen LogP contribution is -2.13. The van der Waals surface area contributed by atoms with Crippen LogP contribution in [0.25, 0.3) is 0 Å². The number of nitrogens with one attached hydrogen (secondary N) is 1. The van der Waals surface area contributed by atoms with Crippen molar-refractivity contribution < 1.29 is 13.9 Å². The number of methoxy groups -OCH3 is 1. The molecule has 0 unspecified atom stereocenters. The summed E-state index contributed by atoms with van der Waals surface area (Å²) in [5.41, 5.74) is 7.07. The van der Waals surface area contributed by atoms with Crippen LogP contribution in [0.15, 0.2) is 30.3 Å². The monoisotopic (exact) mass is 308 g/mol. The van der Waals surface area contributed by atoms with Gasteiger partial charge in [-0.05, 0) is 36.8 Å². The van der Waals surface area contributed by atoms with Crippen molar-refractivity contribution in [1.82, 2.24) is 0 Å². The molecule has 0 saturated heterocycles. The van der Waals surface area contributed by atoms with Gasteiger partial charge in [-0.1, -0.05) is 11.6 Å². The third kappa shape index (κ3) is 3.44. The Labute approximate surface area is 126 Å². The maximum atomic E-state index is 13.3. The Morgan fingerprint density at radius 2 is 2.00 bits per heavy atom. The average molecular weight is 309 g/mol. The minimum atomic E-state index is -0.570. The van der Waals surface area contributed by atoms with Gasteiger partial charge in [0.05, 0.1) is 12.8 Å². The molecule has 0 bridgehead atoms. The third-order valence-corrected chi connectivity index (χ3v) is 3.32. The zero-order chi connectivity index (χ0) is 15.6. The number of benzene rings is 2. The molecule has 0 aliphatic heterocycles. The summed E-state index contributed by atoms with van der Waals surface area (Å²) in [6, 6.07) is 6.94. The summed E-state index contributed by atoms with van der Waals surface area (Å²) >= 11 is 6.00. The van der Waals surface area contributed by atoms with Crippen molar-refractivity contribution in [2.75, 3.05) is 18.2 Å². The summed E-state index contributed by atoms with van der Waals surface area (Å²) in [4.78, 5) is 12.2. The van der Waals surface area contributed by atoms with E-state index in [0.717, 1.165) is 17.7 Å². The summed E-state index contributed by atoms with van der Waals surface area (Å²) < 4.78 is 18.5. The molecule has 4 nitrogen and oxygen atoms in total. The molecule has 0 aliphatic rings. The molecule has 6 heteroatoms. The number of hydrogen-bond acceptors (Lipinski definition) is 3. The molecule has 0 aliphatic carbocycles. The number of anilines is 2. The van der Waals surface area contributed by atoms with Crippen LogP contribution in [0.2, 0.25) is 5.02 Å². The predicted molar refractivity (Wildman–Crippen MR) is 81.5 cm³/mol. The van der Waals surface area contributed by atoms with Crippen molar-refractivity contribution in [2.24, 2.45) is 0 Å². The zero-order valence-corrected chi connectivity index (χ0v) is 12.3. The summed E-state index contributed by atoms with van der Waals surface area (Å²) in [6.45, 7) is 1.80. The Hall–Kier alpha value is -2.27. The Bertz CT molecular complexity index is 684. The highest BCUT2D eigenvalue weighted by molar-refractivity contribution is 6.31. The van der Waals surface area contributed by atoms with E-state index in [1.807, 2.05) is 0 Å². The van der Waals surface area contributed by atoms with E-state index < -0.39 is 11.7 Å². The number of ether oxygens (including phenoxy) is 1. The fourth-order valence-electron chi connectivity index (χ4n) is 1.87. The van der Waals surface area contributed by atoms with Gasteiger partial charge in [0.2, 0.25) is 0 Å². The van der Waals surface area contributed by atoms with E-state index in [9.17, 15) is 9.18 Å². The molecule has 0 heterocycles. The first-order valence-electron chi connectivity index (χ1n) is 6.12. The zero-order valence-electron chi connectivity index (χ0n) is 11.5. The first-order chi connectivity index (χ1) is 9.90. The second-order valence-corrected chi connectivity index (χ2v) is 4.94. The van der Waals surface area contributed by atoms with Gasteiger partial charge in [-0.2, -0.15) is 0 Å². The van der Waals surface area contributed by atoms with Crippen molar-refractivity contribution in [3.63, 3.8) is 0 Å². The lowest BCUT2D eigenvalue weighted by molar-refractivity contribution is 0.102. The first-order valence-corrected chi connectivity index (χ1v) is 6.50. The molecule has 0 fully saturated rings. The van der Waals surface area contributed by atoms with Gasteiger partial charge in [0.1, 0.15) is 11.6 Å². The van der Waals surface area contributed by atoms with Gasteiger partial charge in [0.15, 0.2) is 0 Å². The highest BCUT2D eigenvalue weighted by Crippen LogP contribution is 2.31. The highest BCUT2D eigenvalue weighted by Gasteiger charge is 2.13. The van der Waals surface area contributed by atoms with E-state index in [1.165, 1.54) is 13.2 Å². The predicted octanol–water partition coefficient (Wildman–Crippen LogP) is 3.63. The first kappa shape index (κ1) is 15.1. The van der Waals surface area contributed by atoms with E-state index >= 15 is 0 Å². The lowest BCUT2D eigenvalue weighted by atomic mass is 10.1. The number of aryl methyl sites for hydroxylation is 1. The molecule has 2 rings (SSSR count). The van der Waals surface area contributed by atoms with Crippen molar-refractivity contribution >= 4 is 28.9 Å². The lowest BCUT2D eigenvalue weighted by Gasteiger charge is -2.12. The summed E-state index contributed by atoms with van der Waals surface area (Å²) in [5.74, 6) is -0.635. The molecule has 3 N–H and O–H groups in total. The highest BCUT2D eigenvalue weighted by atomic mass is 35.5. The van der Waals surface area contributed by atoms with E-state index in [-0.39, 0.29) is 11.3 Å². The number of nitrogens with two attached hydrogens (primary N) is 1. The largest absolute Gasteiger partial charge is 0.495 e. The SMILES string of the molecule is COc1cc(Cl)c(C)cc1NC(=O)c1cc(N)cc(F)c1. The van der Waals surface area contributed by atoms with Crippen LogP contribution in [0.1, 0.15) is 15.9 Å². The van der Waals surface area contributed by atoms with Crippen LogP contribution in [0.5, 0.6) is 5.75 Å². The van der Waals surface area contributed by atoms with Crippen LogP contribution in [-0.4, -0.2) is 13.0 Å². The van der Waals surface area contributed by atoms with Crippen LogP contribution >= 0.6 is 11.6 Å². The fraction of sp³-hybridized carbons (Fsp3) is 0.133. The normalized spacial score (nSPS) is 10.3. The minimum Gasteiger partial charge on any atom is -0.495 e. The molecule has 1 amide bonds. The Morgan fingerprint density at radius 1 is 1.29 bits per heavy atom. The second kappa shape index (κ2) is 6.01. The van der Waals surface area contributed by atoms with Gasteiger partial charge in [-0.15, -0.1) is 0 Å². The standard InChI is InChI=1S/C15H14ClFN2O2/c1-8-3-13(14(21-2)7-12(8)16)19-15(20)9-4-10(17)6-11(18)5-9/h3-7H,18H2,1-2H3,(H,19,20). The van der Waals surface area contributed by atoms with Crippen LogP contribution < -0.4 is 15.8 Å². The number of hydrogen-bond donors (Lipinski definition) is 2. The van der Waals surface area contributed by atoms with Gasteiger partial charge in [0.25, 0.3) is 5.91 Å². The Kier molecular flexibility index (Phi) is 4.33. The maximum absolute atomic E-state index is 13.3. The summed E-state index contributed by atoms with van der Waals surface area (Å²) in [7, 11) is 1.47. The topological polar surface area (TPSA) is 64.3 Å². The number of halogens is 2. The van der Waals surface area contributed by atoms with Gasteiger partial charge >= 0.3 is 0 Å². The van der Waals surface area contributed by atoms with Crippen molar-refractivity contribution in [2.45, 2.75) is 6.92 Å². The molecular weight excluding hydrogens is 295 g/mol. The molecule has 0 saturated carbocycles. The van der Waals surface area contributed by atoms with Crippen LogP contribution in [-0.2, 0) is 0 Å². The Morgan fingerprint density at radius 3 is 2.62 bits per heavy atom. The van der Waals surface area contributed by atoms with Crippen LogP contribution in [0.4, 0.5) is 15.8 Å². The number of carbonyl (C=O) groups is 1. The number of rotatable bonds is 3. The van der Waals surface area contributed by atoms with Crippen molar-refractivity contribution in [3.05, 3.63) is 52.3 Å². The van der Waals surface area contributed by atoms with E-state index in [4.69, 9.17) is 22.1 Å².